The van der Waals surface area contributed by atoms with Gasteiger partial charge in [0, 0.05) is 19.1 Å². The van der Waals surface area contributed by atoms with Crippen molar-refractivity contribution >= 4 is 23.2 Å². The number of carbonyl (C=O) groups excluding carboxylic acids is 1. The molecular formula is C14H20ClN3O2. The van der Waals surface area contributed by atoms with Crippen LogP contribution in [0.25, 0.3) is 0 Å². The van der Waals surface area contributed by atoms with Crippen molar-refractivity contribution in [3.63, 3.8) is 0 Å². The van der Waals surface area contributed by atoms with Crippen LogP contribution in [0.5, 0.6) is 0 Å². The van der Waals surface area contributed by atoms with Crippen molar-refractivity contribution in [3.05, 3.63) is 28.8 Å². The first-order valence-corrected chi connectivity index (χ1v) is 7.18. The Morgan fingerprint density at radius 2 is 2.35 bits per heavy atom. The van der Waals surface area contributed by atoms with Crippen LogP contribution in [0.2, 0.25) is 5.02 Å². The number of hydrogen-bond acceptors (Lipinski definition) is 4. The van der Waals surface area contributed by atoms with E-state index < -0.39 is 5.91 Å². The van der Waals surface area contributed by atoms with Crippen LogP contribution >= 0.6 is 11.6 Å². The summed E-state index contributed by atoms with van der Waals surface area (Å²) < 4.78 is 0. The maximum Gasteiger partial charge on any atom is 0.252 e. The fourth-order valence-electron chi connectivity index (χ4n) is 2.63. The molecule has 1 aliphatic heterocycles. The Labute approximate surface area is 123 Å². The maximum absolute atomic E-state index is 11.6. The Morgan fingerprint density at radius 3 is 2.95 bits per heavy atom. The van der Waals surface area contributed by atoms with Gasteiger partial charge in [-0.2, -0.15) is 0 Å². The summed E-state index contributed by atoms with van der Waals surface area (Å²) in [6.45, 7) is 2.19. The molecule has 1 unspecified atom stereocenters. The largest absolute Gasteiger partial charge is 0.395 e. The van der Waals surface area contributed by atoms with Gasteiger partial charge in [-0.05, 0) is 31.5 Å². The predicted octanol–water partition coefficient (Wildman–Crippen LogP) is 0.990. The second kappa shape index (κ2) is 6.92. The van der Waals surface area contributed by atoms with Gasteiger partial charge in [-0.25, -0.2) is 0 Å². The molecule has 0 aliphatic carbocycles. The van der Waals surface area contributed by atoms with E-state index in [1.807, 2.05) is 11.0 Å². The molecule has 1 atom stereocenters. The molecule has 1 heterocycles. The number of nitrogens with two attached hydrogens (primary N) is 1. The van der Waals surface area contributed by atoms with Gasteiger partial charge >= 0.3 is 0 Å². The van der Waals surface area contributed by atoms with Crippen LogP contribution in [0.1, 0.15) is 23.2 Å². The van der Waals surface area contributed by atoms with E-state index in [4.69, 9.17) is 17.3 Å². The first kappa shape index (κ1) is 15.1. The summed E-state index contributed by atoms with van der Waals surface area (Å²) in [6.07, 6.45) is 2.24. The van der Waals surface area contributed by atoms with Gasteiger partial charge in [0.25, 0.3) is 5.91 Å². The predicted molar refractivity (Wildman–Crippen MR) is 80.3 cm³/mol. The number of benzene rings is 1. The van der Waals surface area contributed by atoms with E-state index >= 15 is 0 Å². The molecule has 0 bridgehead atoms. The molecule has 1 fully saturated rings. The molecule has 0 saturated carbocycles. The summed E-state index contributed by atoms with van der Waals surface area (Å²) in [7, 11) is 0. The van der Waals surface area contributed by atoms with Crippen LogP contribution < -0.4 is 16.0 Å². The summed E-state index contributed by atoms with van der Waals surface area (Å²) >= 11 is 6.08. The third-order valence-corrected chi connectivity index (χ3v) is 3.87. The first-order chi connectivity index (χ1) is 9.63. The standard InChI is InChI=1S/C14H20ClN3O2/c15-11-4-1-5-12(13(11)14(16)20)18(7-8-19)9-10-3-2-6-17-10/h1,4-5,10,17,19H,2-3,6-9H2,(H2,16,20). The van der Waals surface area contributed by atoms with Crippen molar-refractivity contribution in [3.8, 4) is 0 Å². The van der Waals surface area contributed by atoms with Crippen LogP contribution in [0.15, 0.2) is 18.2 Å². The first-order valence-electron chi connectivity index (χ1n) is 6.81. The molecule has 6 heteroatoms. The lowest BCUT2D eigenvalue weighted by molar-refractivity contribution is 0.100. The fraction of sp³-hybridized carbons (Fsp3) is 0.500. The van der Waals surface area contributed by atoms with Crippen molar-refractivity contribution in [1.82, 2.24) is 5.32 Å². The molecule has 2 rings (SSSR count). The molecule has 1 saturated heterocycles. The average molecular weight is 298 g/mol. The van der Waals surface area contributed by atoms with Crippen molar-refractivity contribution in [2.75, 3.05) is 31.1 Å². The van der Waals surface area contributed by atoms with E-state index in [2.05, 4.69) is 5.32 Å². The molecule has 1 aromatic carbocycles. The third-order valence-electron chi connectivity index (χ3n) is 3.55. The van der Waals surface area contributed by atoms with Gasteiger partial charge in [0.2, 0.25) is 0 Å². The van der Waals surface area contributed by atoms with Gasteiger partial charge in [-0.15, -0.1) is 0 Å². The Balaban J connectivity index is 2.28. The SMILES string of the molecule is NC(=O)c1c(Cl)cccc1N(CCO)CC1CCCN1. The second-order valence-electron chi connectivity index (χ2n) is 4.96. The monoisotopic (exact) mass is 297 g/mol. The van der Waals surface area contributed by atoms with Crippen LogP contribution in [0, 0.1) is 0 Å². The lowest BCUT2D eigenvalue weighted by Gasteiger charge is -2.29. The number of aliphatic hydroxyl groups is 1. The van der Waals surface area contributed by atoms with Crippen molar-refractivity contribution in [2.24, 2.45) is 5.73 Å². The molecule has 4 N–H and O–H groups in total. The fourth-order valence-corrected chi connectivity index (χ4v) is 2.89. The van der Waals surface area contributed by atoms with E-state index in [-0.39, 0.29) is 6.61 Å². The molecule has 20 heavy (non-hydrogen) atoms. The van der Waals surface area contributed by atoms with Crippen molar-refractivity contribution in [1.29, 1.82) is 0 Å². The minimum Gasteiger partial charge on any atom is -0.395 e. The lowest BCUT2D eigenvalue weighted by atomic mass is 10.1. The molecule has 110 valence electrons. The van der Waals surface area contributed by atoms with Crippen LogP contribution in [0.4, 0.5) is 5.69 Å². The highest BCUT2D eigenvalue weighted by Gasteiger charge is 2.22. The minimum absolute atomic E-state index is 0.0113. The summed E-state index contributed by atoms with van der Waals surface area (Å²) in [5.41, 5.74) is 6.44. The minimum atomic E-state index is -0.548. The van der Waals surface area contributed by atoms with E-state index in [1.54, 1.807) is 12.1 Å². The van der Waals surface area contributed by atoms with Gasteiger partial charge < -0.3 is 21.1 Å². The quantitative estimate of drug-likeness (QED) is 0.732. The number of rotatable bonds is 6. The molecule has 1 aromatic rings. The van der Waals surface area contributed by atoms with E-state index in [0.717, 1.165) is 25.9 Å². The summed E-state index contributed by atoms with van der Waals surface area (Å²) in [5.74, 6) is -0.548. The Hall–Kier alpha value is -1.30. The van der Waals surface area contributed by atoms with Gasteiger partial charge in [0.1, 0.15) is 0 Å². The normalized spacial score (nSPS) is 18.2. The number of nitrogens with zero attached hydrogens (tertiary/aromatic N) is 1. The number of anilines is 1. The number of halogens is 1. The number of carbonyl (C=O) groups is 1. The molecule has 1 aliphatic rings. The lowest BCUT2D eigenvalue weighted by Crippen LogP contribution is -2.40. The summed E-state index contributed by atoms with van der Waals surface area (Å²) in [6, 6.07) is 5.62. The van der Waals surface area contributed by atoms with Gasteiger partial charge in [-0.3, -0.25) is 4.79 Å². The van der Waals surface area contributed by atoms with Crippen LogP contribution in [-0.4, -0.2) is 43.3 Å². The number of primary amides is 1. The zero-order chi connectivity index (χ0) is 14.5. The highest BCUT2D eigenvalue weighted by molar-refractivity contribution is 6.34. The molecule has 0 aromatic heterocycles. The summed E-state index contributed by atoms with van der Waals surface area (Å²) in [5, 5.41) is 13.0. The Morgan fingerprint density at radius 1 is 1.55 bits per heavy atom. The zero-order valence-corrected chi connectivity index (χ0v) is 12.1. The maximum atomic E-state index is 11.6. The highest BCUT2D eigenvalue weighted by Crippen LogP contribution is 2.27. The molecule has 0 spiro atoms. The number of amides is 1. The van der Waals surface area contributed by atoms with Gasteiger partial charge in [-0.1, -0.05) is 17.7 Å². The second-order valence-corrected chi connectivity index (χ2v) is 5.37. The number of nitrogens with one attached hydrogen (secondary N) is 1. The van der Waals surface area contributed by atoms with Crippen LogP contribution in [0.3, 0.4) is 0 Å². The average Bonchev–Trinajstić information content (AvgIpc) is 2.90. The molecule has 1 amide bonds. The molecule has 5 nitrogen and oxygen atoms in total. The highest BCUT2D eigenvalue weighted by atomic mass is 35.5. The Kier molecular flexibility index (Phi) is 5.23. The zero-order valence-electron chi connectivity index (χ0n) is 11.3. The number of aliphatic hydroxyl groups excluding tert-OH is 1. The van der Waals surface area contributed by atoms with E-state index in [1.165, 1.54) is 0 Å². The molecular weight excluding hydrogens is 278 g/mol. The van der Waals surface area contributed by atoms with Crippen molar-refractivity contribution in [2.45, 2.75) is 18.9 Å². The smallest absolute Gasteiger partial charge is 0.252 e. The van der Waals surface area contributed by atoms with Gasteiger partial charge in [0.05, 0.1) is 22.9 Å². The van der Waals surface area contributed by atoms with Gasteiger partial charge in [0.15, 0.2) is 0 Å². The summed E-state index contributed by atoms with van der Waals surface area (Å²) in [4.78, 5) is 13.6. The molecule has 0 radical (unpaired) electrons. The van der Waals surface area contributed by atoms with Crippen LogP contribution in [-0.2, 0) is 0 Å². The van der Waals surface area contributed by atoms with E-state index in [0.29, 0.717) is 28.9 Å². The topological polar surface area (TPSA) is 78.6 Å². The van der Waals surface area contributed by atoms with E-state index in [9.17, 15) is 9.90 Å². The van der Waals surface area contributed by atoms with Crippen molar-refractivity contribution < 1.29 is 9.90 Å². The Bertz CT molecular complexity index is 475. The number of hydrogen-bond donors (Lipinski definition) is 3. The third kappa shape index (κ3) is 3.42.